The maximum Gasteiger partial charge on any atom is 0.295 e. The van der Waals surface area contributed by atoms with Gasteiger partial charge in [-0.1, -0.05) is 35.9 Å². The molecule has 1 fully saturated rings. The van der Waals surface area contributed by atoms with Gasteiger partial charge in [-0.3, -0.25) is 14.6 Å². The largest absolute Gasteiger partial charge is 0.507 e. The second kappa shape index (κ2) is 10.4. The number of hydrogen-bond donors (Lipinski definition) is 1. The van der Waals surface area contributed by atoms with Crippen LogP contribution in [0.1, 0.15) is 42.1 Å². The first kappa shape index (κ1) is 24.0. The normalized spacial score (nSPS) is 17.0. The van der Waals surface area contributed by atoms with Gasteiger partial charge in [-0.05, 0) is 56.2 Å². The minimum Gasteiger partial charge on any atom is -0.507 e. The van der Waals surface area contributed by atoms with E-state index in [0.717, 1.165) is 11.1 Å². The molecule has 2 aromatic carbocycles. The summed E-state index contributed by atoms with van der Waals surface area (Å²) in [5.74, 6) is -0.530. The van der Waals surface area contributed by atoms with Crippen molar-refractivity contribution in [2.24, 2.45) is 0 Å². The summed E-state index contributed by atoms with van der Waals surface area (Å²) in [5, 5.41) is 11.2. The third kappa shape index (κ3) is 4.89. The van der Waals surface area contributed by atoms with Gasteiger partial charge in [0.15, 0.2) is 11.5 Å². The number of aromatic nitrogens is 1. The number of carbonyl (C=O) groups is 2. The van der Waals surface area contributed by atoms with Crippen LogP contribution in [0.4, 0.5) is 0 Å². The Labute approximate surface area is 204 Å². The number of Topliss-reactive ketones (excluding diaryl/α,β-unsaturated/α-hetero) is 1. The Kier molecular flexibility index (Phi) is 7.15. The molecule has 1 N–H and O–H groups in total. The van der Waals surface area contributed by atoms with Crippen LogP contribution in [0, 0.1) is 6.92 Å². The molecule has 2 heterocycles. The number of ketones is 1. The molecule has 0 aliphatic carbocycles. The van der Waals surface area contributed by atoms with Gasteiger partial charge in [0.2, 0.25) is 0 Å². The Morgan fingerprint density at radius 3 is 2.26 bits per heavy atom. The first-order valence-corrected chi connectivity index (χ1v) is 11.6. The summed E-state index contributed by atoms with van der Waals surface area (Å²) in [6.07, 6.45) is 3.27. The third-order valence-electron chi connectivity index (χ3n) is 5.85. The lowest BCUT2D eigenvalue weighted by Gasteiger charge is -2.26. The van der Waals surface area contributed by atoms with Crippen molar-refractivity contribution in [3.05, 3.63) is 94.8 Å². The van der Waals surface area contributed by atoms with Gasteiger partial charge in [0.1, 0.15) is 5.76 Å². The van der Waals surface area contributed by atoms with E-state index >= 15 is 0 Å². The first-order chi connectivity index (χ1) is 16.9. The van der Waals surface area contributed by atoms with Crippen LogP contribution in [-0.2, 0) is 16.1 Å². The van der Waals surface area contributed by atoms with Crippen LogP contribution in [0.15, 0.2) is 72.6 Å². The Bertz CT molecular complexity index is 1250. The summed E-state index contributed by atoms with van der Waals surface area (Å²) >= 11 is 0. The molecule has 1 saturated heterocycles. The van der Waals surface area contributed by atoms with Crippen LogP contribution >= 0.6 is 0 Å². The molecule has 180 valence electrons. The van der Waals surface area contributed by atoms with Crippen LogP contribution in [0.2, 0.25) is 0 Å². The molecule has 35 heavy (non-hydrogen) atoms. The number of hydrogen-bond acceptors (Lipinski definition) is 6. The molecular formula is C28H28N2O5. The van der Waals surface area contributed by atoms with E-state index in [1.54, 1.807) is 54.9 Å². The van der Waals surface area contributed by atoms with E-state index in [-0.39, 0.29) is 17.9 Å². The van der Waals surface area contributed by atoms with Gasteiger partial charge >= 0.3 is 0 Å². The molecule has 0 radical (unpaired) electrons. The van der Waals surface area contributed by atoms with Gasteiger partial charge in [0.05, 0.1) is 24.8 Å². The molecule has 3 aromatic rings. The highest BCUT2D eigenvalue weighted by molar-refractivity contribution is 6.46. The molecule has 1 aromatic heterocycles. The Morgan fingerprint density at radius 2 is 1.60 bits per heavy atom. The number of carbonyl (C=O) groups excluding carboxylic acids is 2. The van der Waals surface area contributed by atoms with Crippen LogP contribution in [0.5, 0.6) is 11.5 Å². The molecule has 0 spiro atoms. The van der Waals surface area contributed by atoms with E-state index in [0.29, 0.717) is 35.8 Å². The lowest BCUT2D eigenvalue weighted by Crippen LogP contribution is -2.29. The lowest BCUT2D eigenvalue weighted by molar-refractivity contribution is -0.140. The van der Waals surface area contributed by atoms with Crippen LogP contribution < -0.4 is 9.47 Å². The van der Waals surface area contributed by atoms with E-state index in [4.69, 9.17) is 9.47 Å². The molecule has 7 nitrogen and oxygen atoms in total. The average molecular weight is 473 g/mol. The summed E-state index contributed by atoms with van der Waals surface area (Å²) in [6, 6.07) is 15.3. The molecule has 1 aliphatic heterocycles. The van der Waals surface area contributed by atoms with Gasteiger partial charge in [0, 0.05) is 24.5 Å². The van der Waals surface area contributed by atoms with Crippen molar-refractivity contribution >= 4 is 17.4 Å². The molecule has 0 saturated carbocycles. The van der Waals surface area contributed by atoms with Crippen molar-refractivity contribution < 1.29 is 24.2 Å². The zero-order valence-corrected chi connectivity index (χ0v) is 20.0. The van der Waals surface area contributed by atoms with Gasteiger partial charge in [-0.25, -0.2) is 0 Å². The zero-order chi connectivity index (χ0) is 24.9. The summed E-state index contributed by atoms with van der Waals surface area (Å²) in [4.78, 5) is 32.0. The number of ether oxygens (including phenoxy) is 2. The molecule has 1 unspecified atom stereocenters. The number of aryl methyl sites for hydroxylation is 1. The first-order valence-electron chi connectivity index (χ1n) is 11.6. The van der Waals surface area contributed by atoms with E-state index in [2.05, 4.69) is 4.98 Å². The highest BCUT2D eigenvalue weighted by Crippen LogP contribution is 2.42. The summed E-state index contributed by atoms with van der Waals surface area (Å²) in [5.41, 5.74) is 2.99. The SMILES string of the molecule is CCOc1ccc(C2/C(=C(\O)c3ccc(C)cc3)C(=O)C(=O)N2Cc2ccncc2)cc1OCC. The van der Waals surface area contributed by atoms with Gasteiger partial charge in [0.25, 0.3) is 11.7 Å². The minimum atomic E-state index is -0.806. The summed E-state index contributed by atoms with van der Waals surface area (Å²) < 4.78 is 11.5. The molecule has 4 rings (SSSR count). The van der Waals surface area contributed by atoms with E-state index in [1.807, 2.05) is 32.9 Å². The molecule has 0 bridgehead atoms. The topological polar surface area (TPSA) is 89.0 Å². The number of rotatable bonds is 8. The number of benzene rings is 2. The number of aliphatic hydroxyl groups is 1. The van der Waals surface area contributed by atoms with Crippen LogP contribution in [0.25, 0.3) is 5.76 Å². The number of likely N-dealkylation sites (tertiary alicyclic amines) is 1. The second-order valence-electron chi connectivity index (χ2n) is 8.22. The smallest absolute Gasteiger partial charge is 0.295 e. The number of aliphatic hydroxyl groups excluding tert-OH is 1. The number of nitrogens with zero attached hydrogens (tertiary/aromatic N) is 2. The third-order valence-corrected chi connectivity index (χ3v) is 5.85. The Morgan fingerprint density at radius 1 is 0.943 bits per heavy atom. The molecule has 1 atom stereocenters. The molecular weight excluding hydrogens is 444 g/mol. The van der Waals surface area contributed by atoms with Crippen molar-refractivity contribution in [1.29, 1.82) is 0 Å². The van der Waals surface area contributed by atoms with E-state index in [1.165, 1.54) is 4.90 Å². The van der Waals surface area contributed by atoms with Gasteiger partial charge in [-0.2, -0.15) is 0 Å². The van der Waals surface area contributed by atoms with Gasteiger partial charge < -0.3 is 19.5 Å². The van der Waals surface area contributed by atoms with E-state index < -0.39 is 17.7 Å². The van der Waals surface area contributed by atoms with Crippen LogP contribution in [-0.4, -0.2) is 39.9 Å². The average Bonchev–Trinajstić information content (AvgIpc) is 3.11. The minimum absolute atomic E-state index is 0.0412. The highest BCUT2D eigenvalue weighted by atomic mass is 16.5. The fourth-order valence-corrected chi connectivity index (χ4v) is 4.18. The monoisotopic (exact) mass is 472 g/mol. The van der Waals surface area contributed by atoms with Crippen LogP contribution in [0.3, 0.4) is 0 Å². The van der Waals surface area contributed by atoms with E-state index in [9.17, 15) is 14.7 Å². The predicted octanol–water partition coefficient (Wildman–Crippen LogP) is 4.81. The van der Waals surface area contributed by atoms with Crippen molar-refractivity contribution in [3.63, 3.8) is 0 Å². The Balaban J connectivity index is 1.88. The maximum atomic E-state index is 13.3. The second-order valence-corrected chi connectivity index (χ2v) is 8.22. The fourth-order valence-electron chi connectivity index (χ4n) is 4.18. The van der Waals surface area contributed by atoms with Crippen molar-refractivity contribution in [1.82, 2.24) is 9.88 Å². The summed E-state index contributed by atoms with van der Waals surface area (Å²) in [6.45, 7) is 6.76. The maximum absolute atomic E-state index is 13.3. The van der Waals surface area contributed by atoms with Gasteiger partial charge in [-0.15, -0.1) is 0 Å². The number of pyridine rings is 1. The van der Waals surface area contributed by atoms with Crippen molar-refractivity contribution in [2.45, 2.75) is 33.4 Å². The quantitative estimate of drug-likeness (QED) is 0.288. The standard InChI is InChI=1S/C28H28N2O5/c1-4-34-22-11-10-21(16-23(22)35-5-2)25-24(26(31)20-8-6-18(3)7-9-20)27(32)28(33)30(25)17-19-12-14-29-15-13-19/h6-16,25,31H,4-5,17H2,1-3H3/b26-24+. The molecule has 1 aliphatic rings. The van der Waals surface area contributed by atoms with Crippen molar-refractivity contribution in [2.75, 3.05) is 13.2 Å². The molecule has 1 amide bonds. The zero-order valence-electron chi connectivity index (χ0n) is 20.0. The molecule has 7 heteroatoms. The highest BCUT2D eigenvalue weighted by Gasteiger charge is 2.46. The predicted molar refractivity (Wildman–Crippen MR) is 132 cm³/mol. The summed E-state index contributed by atoms with van der Waals surface area (Å²) in [7, 11) is 0. The van der Waals surface area contributed by atoms with Crippen molar-refractivity contribution in [3.8, 4) is 11.5 Å². The lowest BCUT2D eigenvalue weighted by atomic mass is 9.94. The fraction of sp³-hybridized carbons (Fsp3) is 0.250. The number of amides is 1. The Hall–Kier alpha value is -4.13.